The molecule has 60 valence electrons. The monoisotopic (exact) mass is 153 g/mol. The predicted octanol–water partition coefficient (Wildman–Crippen LogP) is 0.551. The van der Waals surface area contributed by atoms with Gasteiger partial charge < -0.3 is 9.64 Å². The van der Waals surface area contributed by atoms with Crippen molar-refractivity contribution in [1.82, 2.24) is 10.2 Å². The lowest BCUT2D eigenvalue weighted by molar-refractivity contribution is 0.392. The molecule has 0 radical (unpaired) electrons. The lowest BCUT2D eigenvalue weighted by atomic mass is 10.5. The Hall–Kier alpha value is -1.32. The summed E-state index contributed by atoms with van der Waals surface area (Å²) in [5, 5.41) is 7.70. The summed E-state index contributed by atoms with van der Waals surface area (Å²) >= 11 is 0. The first-order valence-corrected chi connectivity index (χ1v) is 3.29. The maximum atomic E-state index is 4.86. The van der Waals surface area contributed by atoms with Gasteiger partial charge in [-0.1, -0.05) is 0 Å². The van der Waals surface area contributed by atoms with Crippen LogP contribution in [0.2, 0.25) is 0 Å². The molecule has 0 saturated heterocycles. The summed E-state index contributed by atoms with van der Waals surface area (Å²) in [6, 6.07) is 3.63. The SMILES string of the molecule is COc1ccc(N(C)C)nn1. The van der Waals surface area contributed by atoms with E-state index in [9.17, 15) is 0 Å². The van der Waals surface area contributed by atoms with Crippen molar-refractivity contribution in [3.63, 3.8) is 0 Å². The van der Waals surface area contributed by atoms with Crippen LogP contribution in [0.25, 0.3) is 0 Å². The van der Waals surface area contributed by atoms with E-state index in [1.54, 1.807) is 13.2 Å². The average molecular weight is 153 g/mol. The first-order valence-electron chi connectivity index (χ1n) is 3.29. The molecule has 0 aliphatic heterocycles. The van der Waals surface area contributed by atoms with Crippen LogP contribution < -0.4 is 9.64 Å². The van der Waals surface area contributed by atoms with E-state index in [0.29, 0.717) is 5.88 Å². The van der Waals surface area contributed by atoms with Crippen LogP contribution in [-0.4, -0.2) is 31.4 Å². The smallest absolute Gasteiger partial charge is 0.233 e. The third kappa shape index (κ3) is 1.80. The second-order valence-electron chi connectivity index (χ2n) is 2.33. The molecule has 0 fully saturated rings. The molecule has 0 aliphatic rings. The summed E-state index contributed by atoms with van der Waals surface area (Å²) < 4.78 is 4.86. The number of hydrogen-bond donors (Lipinski definition) is 0. The highest BCUT2D eigenvalue weighted by molar-refractivity contribution is 5.35. The largest absolute Gasteiger partial charge is 0.480 e. The molecule has 0 bridgehead atoms. The molecule has 0 unspecified atom stereocenters. The van der Waals surface area contributed by atoms with Gasteiger partial charge in [0.25, 0.3) is 0 Å². The minimum absolute atomic E-state index is 0.538. The maximum absolute atomic E-state index is 4.86. The molecule has 4 heteroatoms. The molecule has 0 aromatic carbocycles. The van der Waals surface area contributed by atoms with E-state index in [-0.39, 0.29) is 0 Å². The minimum atomic E-state index is 0.538. The maximum Gasteiger partial charge on any atom is 0.233 e. The summed E-state index contributed by atoms with van der Waals surface area (Å²) in [5.74, 6) is 1.36. The van der Waals surface area contributed by atoms with Gasteiger partial charge >= 0.3 is 0 Å². The lowest BCUT2D eigenvalue weighted by Gasteiger charge is -2.09. The van der Waals surface area contributed by atoms with E-state index < -0.39 is 0 Å². The van der Waals surface area contributed by atoms with Gasteiger partial charge in [0.1, 0.15) is 0 Å². The Kier molecular flexibility index (Phi) is 2.25. The molecule has 1 heterocycles. The molecular formula is C7H11N3O. The fraction of sp³-hybridized carbons (Fsp3) is 0.429. The molecule has 11 heavy (non-hydrogen) atoms. The van der Waals surface area contributed by atoms with Crippen LogP contribution >= 0.6 is 0 Å². The zero-order chi connectivity index (χ0) is 8.27. The first-order chi connectivity index (χ1) is 5.24. The van der Waals surface area contributed by atoms with Gasteiger partial charge in [0.05, 0.1) is 7.11 Å². The van der Waals surface area contributed by atoms with Gasteiger partial charge in [-0.05, 0) is 6.07 Å². The normalized spacial score (nSPS) is 9.36. The van der Waals surface area contributed by atoms with Gasteiger partial charge in [-0.15, -0.1) is 10.2 Å². The van der Waals surface area contributed by atoms with E-state index >= 15 is 0 Å². The molecule has 1 aromatic rings. The number of hydrogen-bond acceptors (Lipinski definition) is 4. The Morgan fingerprint density at radius 2 is 2.00 bits per heavy atom. The number of aromatic nitrogens is 2. The third-order valence-corrected chi connectivity index (χ3v) is 1.29. The van der Waals surface area contributed by atoms with Crippen molar-refractivity contribution in [2.75, 3.05) is 26.1 Å². The topological polar surface area (TPSA) is 38.2 Å². The van der Waals surface area contributed by atoms with Crippen molar-refractivity contribution < 1.29 is 4.74 Å². The van der Waals surface area contributed by atoms with Crippen molar-refractivity contribution in [2.24, 2.45) is 0 Å². The molecule has 0 spiro atoms. The molecule has 1 rings (SSSR count). The summed E-state index contributed by atoms with van der Waals surface area (Å²) in [5.41, 5.74) is 0. The molecule has 4 nitrogen and oxygen atoms in total. The average Bonchev–Trinajstić information content (AvgIpc) is 2.05. The Labute approximate surface area is 65.8 Å². The lowest BCUT2D eigenvalue weighted by Crippen LogP contribution is -2.11. The highest BCUT2D eigenvalue weighted by Crippen LogP contribution is 2.08. The number of rotatable bonds is 2. The van der Waals surface area contributed by atoms with Crippen LogP contribution in [0.5, 0.6) is 5.88 Å². The highest BCUT2D eigenvalue weighted by Gasteiger charge is 1.97. The number of methoxy groups -OCH3 is 1. The van der Waals surface area contributed by atoms with Crippen LogP contribution in [0.1, 0.15) is 0 Å². The van der Waals surface area contributed by atoms with Gasteiger partial charge in [-0.2, -0.15) is 0 Å². The minimum Gasteiger partial charge on any atom is -0.480 e. The van der Waals surface area contributed by atoms with Gasteiger partial charge in [0.2, 0.25) is 5.88 Å². The van der Waals surface area contributed by atoms with Crippen LogP contribution in [0.4, 0.5) is 5.82 Å². The van der Waals surface area contributed by atoms with Crippen LogP contribution in [0.3, 0.4) is 0 Å². The molecule has 1 aromatic heterocycles. The molecule has 0 N–H and O–H groups in total. The summed E-state index contributed by atoms with van der Waals surface area (Å²) in [6.07, 6.45) is 0. The van der Waals surface area contributed by atoms with Crippen molar-refractivity contribution in [3.8, 4) is 5.88 Å². The Balaban J connectivity index is 2.83. The summed E-state index contributed by atoms with van der Waals surface area (Å²) in [6.45, 7) is 0. The van der Waals surface area contributed by atoms with E-state index in [0.717, 1.165) is 5.82 Å². The van der Waals surface area contributed by atoms with Crippen molar-refractivity contribution in [2.45, 2.75) is 0 Å². The predicted molar refractivity (Wildman–Crippen MR) is 42.9 cm³/mol. The molecule has 0 atom stereocenters. The zero-order valence-electron chi connectivity index (χ0n) is 6.90. The van der Waals surface area contributed by atoms with Crippen LogP contribution in [0, 0.1) is 0 Å². The van der Waals surface area contributed by atoms with Gasteiger partial charge in [-0.3, -0.25) is 0 Å². The quantitative estimate of drug-likeness (QED) is 0.622. The van der Waals surface area contributed by atoms with Crippen molar-refractivity contribution in [3.05, 3.63) is 12.1 Å². The van der Waals surface area contributed by atoms with Crippen molar-refractivity contribution >= 4 is 5.82 Å². The highest BCUT2D eigenvalue weighted by atomic mass is 16.5. The Bertz CT molecular complexity index is 220. The van der Waals surface area contributed by atoms with Gasteiger partial charge in [0, 0.05) is 20.2 Å². The molecular weight excluding hydrogens is 142 g/mol. The van der Waals surface area contributed by atoms with E-state index in [2.05, 4.69) is 10.2 Å². The third-order valence-electron chi connectivity index (χ3n) is 1.29. The number of ether oxygens (including phenoxy) is 1. The van der Waals surface area contributed by atoms with Gasteiger partial charge in [-0.25, -0.2) is 0 Å². The Morgan fingerprint density at radius 1 is 1.27 bits per heavy atom. The van der Waals surface area contributed by atoms with Crippen molar-refractivity contribution in [1.29, 1.82) is 0 Å². The second kappa shape index (κ2) is 3.18. The fourth-order valence-electron chi connectivity index (χ4n) is 0.660. The Morgan fingerprint density at radius 3 is 2.36 bits per heavy atom. The standard InChI is InChI=1S/C7H11N3O/c1-10(2)6-4-5-7(11-3)9-8-6/h4-5H,1-3H3. The fourth-order valence-corrected chi connectivity index (χ4v) is 0.660. The number of nitrogens with zero attached hydrogens (tertiary/aromatic N) is 3. The van der Waals surface area contributed by atoms with E-state index in [1.807, 2.05) is 25.1 Å². The van der Waals surface area contributed by atoms with Crippen LogP contribution in [-0.2, 0) is 0 Å². The summed E-state index contributed by atoms with van der Waals surface area (Å²) in [7, 11) is 5.40. The van der Waals surface area contributed by atoms with E-state index in [1.165, 1.54) is 0 Å². The van der Waals surface area contributed by atoms with Gasteiger partial charge in [0.15, 0.2) is 5.82 Å². The number of anilines is 1. The zero-order valence-corrected chi connectivity index (χ0v) is 6.90. The molecule has 0 amide bonds. The first kappa shape index (κ1) is 7.78. The second-order valence-corrected chi connectivity index (χ2v) is 2.33. The summed E-state index contributed by atoms with van der Waals surface area (Å²) in [4.78, 5) is 1.88. The molecule has 0 saturated carbocycles. The molecule has 0 aliphatic carbocycles. The van der Waals surface area contributed by atoms with Crippen LogP contribution in [0.15, 0.2) is 12.1 Å². The van der Waals surface area contributed by atoms with E-state index in [4.69, 9.17) is 4.74 Å².